The Balaban J connectivity index is 2.85. The van der Waals surface area contributed by atoms with Gasteiger partial charge in [-0.15, -0.1) is 11.3 Å². The van der Waals surface area contributed by atoms with Gasteiger partial charge in [0.05, 0.1) is 16.3 Å². The molecule has 0 atom stereocenters. The summed E-state index contributed by atoms with van der Waals surface area (Å²) in [6.45, 7) is 2.93. The molecule has 0 aromatic carbocycles. The maximum absolute atomic E-state index is 12.5. The van der Waals surface area contributed by atoms with E-state index in [0.717, 1.165) is 11.3 Å². The van der Waals surface area contributed by atoms with Crippen LogP contribution in [0.2, 0.25) is 0 Å². The molecule has 0 aliphatic carbocycles. The lowest BCUT2D eigenvalue weighted by atomic mass is 10.3. The Morgan fingerprint density at radius 2 is 2.05 bits per heavy atom. The number of thiophene rings is 1. The van der Waals surface area contributed by atoms with Crippen LogP contribution in [-0.4, -0.2) is 55.3 Å². The maximum atomic E-state index is 12.5. The number of rotatable bonds is 5. The number of hydrogen-bond acceptors (Lipinski definition) is 4. The molecule has 0 saturated heterocycles. The highest BCUT2D eigenvalue weighted by atomic mass is 32.1. The van der Waals surface area contributed by atoms with E-state index in [1.807, 2.05) is 6.92 Å². The van der Waals surface area contributed by atoms with Crippen LogP contribution in [0.3, 0.4) is 0 Å². The summed E-state index contributed by atoms with van der Waals surface area (Å²) < 4.78 is 0. The van der Waals surface area contributed by atoms with Gasteiger partial charge in [0, 0.05) is 20.6 Å². The lowest BCUT2D eigenvalue weighted by Crippen LogP contribution is -2.40. The minimum Gasteiger partial charge on any atom is -0.347 e. The van der Waals surface area contributed by atoms with Gasteiger partial charge in [-0.05, 0) is 18.6 Å². The van der Waals surface area contributed by atoms with E-state index in [1.54, 1.807) is 31.1 Å². The molecule has 21 heavy (non-hydrogen) atoms. The van der Waals surface area contributed by atoms with Crippen molar-refractivity contribution >= 4 is 23.2 Å². The third kappa shape index (κ3) is 5.21. The predicted molar refractivity (Wildman–Crippen MR) is 85.1 cm³/mol. The summed E-state index contributed by atoms with van der Waals surface area (Å²) in [7, 11) is 3.37. The molecule has 1 heterocycles. The smallest absolute Gasteiger partial charge is 0.264 e. The second kappa shape index (κ2) is 8.45. The molecule has 114 valence electrons. The molecule has 0 aliphatic rings. The molecule has 0 saturated carbocycles. The van der Waals surface area contributed by atoms with Gasteiger partial charge in [-0.3, -0.25) is 9.59 Å². The zero-order valence-electron chi connectivity index (χ0n) is 12.7. The van der Waals surface area contributed by atoms with Crippen LogP contribution in [0.25, 0.3) is 0 Å². The Labute approximate surface area is 129 Å². The molecule has 0 spiro atoms. The Kier molecular flexibility index (Phi) is 6.92. The van der Waals surface area contributed by atoms with Crippen molar-refractivity contribution in [2.75, 3.05) is 33.7 Å². The van der Waals surface area contributed by atoms with Gasteiger partial charge in [-0.25, -0.2) is 0 Å². The number of carbonyl (C=O) groups excluding carboxylic acids is 2. The Morgan fingerprint density at radius 3 is 2.62 bits per heavy atom. The molecule has 5 nitrogen and oxygen atoms in total. The van der Waals surface area contributed by atoms with Crippen LogP contribution in [-0.2, 0) is 4.79 Å². The molecule has 2 amide bonds. The average molecular weight is 307 g/mol. The van der Waals surface area contributed by atoms with Crippen LogP contribution in [0.1, 0.15) is 27.9 Å². The van der Waals surface area contributed by atoms with Crippen molar-refractivity contribution in [3.63, 3.8) is 0 Å². The minimum atomic E-state index is -0.127. The van der Waals surface area contributed by atoms with E-state index >= 15 is 0 Å². The zero-order valence-corrected chi connectivity index (χ0v) is 13.5. The Morgan fingerprint density at radius 1 is 1.33 bits per heavy atom. The third-order valence-electron chi connectivity index (χ3n) is 2.74. The van der Waals surface area contributed by atoms with Crippen LogP contribution in [0.4, 0.5) is 0 Å². The fraction of sp³-hybridized carbons (Fsp3) is 0.467. The van der Waals surface area contributed by atoms with E-state index in [4.69, 9.17) is 5.73 Å². The number of amides is 2. The second-order valence-corrected chi connectivity index (χ2v) is 5.77. The molecule has 0 fully saturated rings. The normalized spacial score (nSPS) is 9.71. The summed E-state index contributed by atoms with van der Waals surface area (Å²) in [5.41, 5.74) is 5.33. The monoisotopic (exact) mass is 307 g/mol. The maximum Gasteiger partial charge on any atom is 0.264 e. The Bertz CT molecular complexity index is 555. The number of nitrogens with zero attached hydrogens (tertiary/aromatic N) is 2. The van der Waals surface area contributed by atoms with Crippen LogP contribution >= 0.6 is 11.3 Å². The van der Waals surface area contributed by atoms with Gasteiger partial charge in [-0.2, -0.15) is 0 Å². The van der Waals surface area contributed by atoms with Crippen molar-refractivity contribution in [3.8, 4) is 11.8 Å². The largest absolute Gasteiger partial charge is 0.347 e. The van der Waals surface area contributed by atoms with Crippen LogP contribution in [0.5, 0.6) is 0 Å². The van der Waals surface area contributed by atoms with Crippen LogP contribution < -0.4 is 5.73 Å². The molecule has 0 aliphatic heterocycles. The summed E-state index contributed by atoms with van der Waals surface area (Å²) in [5, 5.41) is 0. The average Bonchev–Trinajstić information content (AvgIpc) is 2.92. The quantitative estimate of drug-likeness (QED) is 0.825. The van der Waals surface area contributed by atoms with E-state index in [2.05, 4.69) is 11.8 Å². The molecule has 0 bridgehead atoms. The van der Waals surface area contributed by atoms with Gasteiger partial charge >= 0.3 is 0 Å². The summed E-state index contributed by atoms with van der Waals surface area (Å²) in [5.74, 6) is 5.45. The predicted octanol–water partition coefficient (Wildman–Crippen LogP) is 0.999. The van der Waals surface area contributed by atoms with Crippen molar-refractivity contribution in [3.05, 3.63) is 21.9 Å². The summed E-state index contributed by atoms with van der Waals surface area (Å²) >= 11 is 1.33. The summed E-state index contributed by atoms with van der Waals surface area (Å²) in [4.78, 5) is 28.7. The molecule has 1 aromatic heterocycles. The highest BCUT2D eigenvalue weighted by Crippen LogP contribution is 2.17. The first-order valence-electron chi connectivity index (χ1n) is 6.77. The number of hydrogen-bond donors (Lipinski definition) is 1. The molecule has 2 N–H and O–H groups in total. The van der Waals surface area contributed by atoms with Gasteiger partial charge in [-0.1, -0.05) is 18.8 Å². The molecule has 6 heteroatoms. The summed E-state index contributed by atoms with van der Waals surface area (Å²) in [6.07, 6.45) is 0.803. The van der Waals surface area contributed by atoms with Gasteiger partial charge in [0.1, 0.15) is 6.54 Å². The Hall–Kier alpha value is -1.84. The minimum absolute atomic E-state index is 0.0866. The highest BCUT2D eigenvalue weighted by Gasteiger charge is 2.20. The number of likely N-dealkylation sites (N-methyl/N-ethyl adjacent to an activating group) is 1. The van der Waals surface area contributed by atoms with E-state index in [1.165, 1.54) is 16.2 Å². The molecular weight excluding hydrogens is 286 g/mol. The van der Waals surface area contributed by atoms with Gasteiger partial charge < -0.3 is 15.5 Å². The number of carbonyl (C=O) groups is 2. The molecule has 0 unspecified atom stereocenters. The van der Waals surface area contributed by atoms with Crippen molar-refractivity contribution in [2.24, 2.45) is 5.73 Å². The second-order valence-electron chi connectivity index (χ2n) is 4.68. The van der Waals surface area contributed by atoms with E-state index in [9.17, 15) is 9.59 Å². The van der Waals surface area contributed by atoms with Gasteiger partial charge in [0.25, 0.3) is 5.91 Å². The van der Waals surface area contributed by atoms with Crippen LogP contribution in [0, 0.1) is 11.8 Å². The summed E-state index contributed by atoms with van der Waals surface area (Å²) in [6, 6.07) is 3.55. The van der Waals surface area contributed by atoms with Crippen molar-refractivity contribution < 1.29 is 9.59 Å². The first kappa shape index (κ1) is 17.2. The molecule has 1 rings (SSSR count). The molecule has 0 radical (unpaired) electrons. The number of nitrogens with two attached hydrogens (primary N) is 1. The first-order valence-corrected chi connectivity index (χ1v) is 7.59. The van der Waals surface area contributed by atoms with Crippen molar-refractivity contribution in [2.45, 2.75) is 13.3 Å². The SMILES string of the molecule is CCCN(CC(=O)N(C)C)C(=O)c1ccc(C#CCN)s1. The third-order valence-corrected chi connectivity index (χ3v) is 3.72. The van der Waals surface area contributed by atoms with E-state index in [-0.39, 0.29) is 18.4 Å². The zero-order chi connectivity index (χ0) is 15.8. The van der Waals surface area contributed by atoms with Crippen molar-refractivity contribution in [1.29, 1.82) is 0 Å². The molecular formula is C15H21N3O2S. The van der Waals surface area contributed by atoms with Gasteiger partial charge in [0.2, 0.25) is 5.91 Å². The van der Waals surface area contributed by atoms with Crippen molar-refractivity contribution in [1.82, 2.24) is 9.80 Å². The lowest BCUT2D eigenvalue weighted by Gasteiger charge is -2.22. The van der Waals surface area contributed by atoms with E-state index < -0.39 is 0 Å². The topological polar surface area (TPSA) is 66.6 Å². The highest BCUT2D eigenvalue weighted by molar-refractivity contribution is 7.14. The van der Waals surface area contributed by atoms with E-state index in [0.29, 0.717) is 18.0 Å². The fourth-order valence-corrected chi connectivity index (χ4v) is 2.49. The fourth-order valence-electron chi connectivity index (χ4n) is 1.64. The van der Waals surface area contributed by atoms with Crippen LogP contribution in [0.15, 0.2) is 12.1 Å². The molecule has 1 aromatic rings. The lowest BCUT2D eigenvalue weighted by molar-refractivity contribution is -0.129. The first-order chi connectivity index (χ1) is 9.99. The van der Waals surface area contributed by atoms with Gasteiger partial charge in [0.15, 0.2) is 0 Å². The standard InChI is InChI=1S/C15H21N3O2S/c1-4-10-18(11-14(19)17(2)3)15(20)13-8-7-12(21-13)6-5-9-16/h7-8H,4,9-11,16H2,1-3H3.